The smallest absolute Gasteiger partial charge is 0.123 e. The number of hydrogen-bond acceptors (Lipinski definition) is 4. The lowest BCUT2D eigenvalue weighted by Crippen LogP contribution is -2.63. The van der Waals surface area contributed by atoms with Gasteiger partial charge < -0.3 is 20.2 Å². The molecular weight excluding hydrogens is 470 g/mol. The van der Waals surface area contributed by atoms with Gasteiger partial charge in [0, 0.05) is 30.3 Å². The number of benzene rings is 6. The molecule has 1 N–H and O–H groups in total. The van der Waals surface area contributed by atoms with Crippen molar-refractivity contribution in [3.8, 4) is 5.75 Å². The molecule has 0 aliphatic heterocycles. The van der Waals surface area contributed by atoms with Gasteiger partial charge in [-0.15, -0.1) is 12.2 Å². The Balaban J connectivity index is 1.48. The summed E-state index contributed by atoms with van der Waals surface area (Å²) in [6.45, 7) is 0. The summed E-state index contributed by atoms with van der Waals surface area (Å²) in [5.41, 5.74) is 2.51. The van der Waals surface area contributed by atoms with Crippen LogP contribution in [0, 0.1) is 0 Å². The Kier molecular flexibility index (Phi) is 5.12. The van der Waals surface area contributed by atoms with Crippen LogP contribution in [0.2, 0.25) is 0 Å². The van der Waals surface area contributed by atoms with E-state index in [0.717, 1.165) is 49.0 Å². The van der Waals surface area contributed by atoms with Gasteiger partial charge in [-0.2, -0.15) is 0 Å². The van der Waals surface area contributed by atoms with E-state index in [9.17, 15) is 15.3 Å². The molecule has 1 aliphatic rings. The highest BCUT2D eigenvalue weighted by Gasteiger charge is 2.42. The molecule has 38 heavy (non-hydrogen) atoms. The van der Waals surface area contributed by atoms with Crippen LogP contribution in [-0.4, -0.2) is 31.4 Å². The number of anilines is 1. The summed E-state index contributed by atoms with van der Waals surface area (Å²) in [7, 11) is 3.95. The number of phenols is 1. The zero-order valence-electron chi connectivity index (χ0n) is 21.3. The molecule has 0 aromatic heterocycles. The number of rotatable bonds is 3. The maximum absolute atomic E-state index is 14.3. The van der Waals surface area contributed by atoms with Gasteiger partial charge in [-0.05, 0) is 62.0 Å². The maximum Gasteiger partial charge on any atom is 0.123 e. The van der Waals surface area contributed by atoms with E-state index in [1.54, 1.807) is 6.07 Å². The fourth-order valence-corrected chi connectivity index (χ4v) is 6.79. The second kappa shape index (κ2) is 8.45. The van der Waals surface area contributed by atoms with Crippen molar-refractivity contribution in [2.75, 3.05) is 19.0 Å². The molecule has 7 rings (SSSR count). The molecule has 1 aliphatic carbocycles. The fourth-order valence-electron chi connectivity index (χ4n) is 6.79. The maximum atomic E-state index is 14.3. The van der Waals surface area contributed by atoms with E-state index in [2.05, 4.69) is 6.07 Å². The third-order valence-electron chi connectivity index (χ3n) is 8.38. The van der Waals surface area contributed by atoms with Crippen LogP contribution < -0.4 is 15.1 Å². The van der Waals surface area contributed by atoms with Crippen LogP contribution in [0.3, 0.4) is 0 Å². The Morgan fingerprint density at radius 3 is 1.68 bits per heavy atom. The number of phenolic OH excluding ortho intramolecular Hbond substituents is 1. The predicted molar refractivity (Wildman–Crippen MR) is 152 cm³/mol. The largest absolute Gasteiger partial charge is 0.851 e. The summed E-state index contributed by atoms with van der Waals surface area (Å²) < 4.78 is 0. The van der Waals surface area contributed by atoms with Crippen LogP contribution in [0.4, 0.5) is 5.69 Å². The average molecular weight is 498 g/mol. The first-order valence-electron chi connectivity index (χ1n) is 13.0. The molecule has 0 amide bonds. The Morgan fingerprint density at radius 1 is 0.579 bits per heavy atom. The van der Waals surface area contributed by atoms with Gasteiger partial charge in [0.15, 0.2) is 0 Å². The molecule has 6 aromatic rings. The van der Waals surface area contributed by atoms with E-state index in [-0.39, 0.29) is 5.75 Å². The second-order valence-corrected chi connectivity index (χ2v) is 10.6. The number of fused-ring (bicyclic) bond motifs is 4. The minimum atomic E-state index is -1.14. The Hall–Kier alpha value is -4.12. The van der Waals surface area contributed by atoms with Gasteiger partial charge in [-0.1, -0.05) is 84.9 Å². The number of aromatic hydroxyl groups is 1. The minimum Gasteiger partial charge on any atom is -0.851 e. The van der Waals surface area contributed by atoms with Gasteiger partial charge in [-0.3, -0.25) is 0 Å². The molecule has 188 valence electrons. The molecule has 4 nitrogen and oxygen atoms in total. The molecule has 0 radical (unpaired) electrons. The van der Waals surface area contributed by atoms with Crippen molar-refractivity contribution in [1.29, 1.82) is 0 Å². The molecular formula is C34H27NO3-2. The van der Waals surface area contributed by atoms with Gasteiger partial charge in [0.2, 0.25) is 0 Å². The first-order chi connectivity index (χ1) is 18.5. The summed E-state index contributed by atoms with van der Waals surface area (Å²) in [6.07, 6.45) is -2.27. The molecule has 1 fully saturated rings. The minimum absolute atomic E-state index is 0.102. The van der Waals surface area contributed by atoms with Gasteiger partial charge in [-0.25, -0.2) is 0 Å². The zero-order chi connectivity index (χ0) is 26.1. The molecule has 0 saturated heterocycles. The molecule has 0 heterocycles. The third kappa shape index (κ3) is 3.11. The van der Waals surface area contributed by atoms with Crippen molar-refractivity contribution < 1.29 is 15.3 Å². The molecule has 4 heteroatoms. The summed E-state index contributed by atoms with van der Waals surface area (Å²) in [5.74, 6) is -1.34. The fraction of sp³-hybridized carbons (Fsp3) is 0.176. The van der Waals surface area contributed by atoms with Crippen molar-refractivity contribution in [2.45, 2.75) is 24.0 Å². The Labute approximate surface area is 221 Å². The molecule has 2 unspecified atom stereocenters. The second-order valence-electron chi connectivity index (χ2n) is 10.6. The number of nitrogens with zero attached hydrogens (tertiary/aromatic N) is 1. The molecule has 1 saturated carbocycles. The molecule has 2 atom stereocenters. The third-order valence-corrected chi connectivity index (χ3v) is 8.38. The highest BCUT2D eigenvalue weighted by Crippen LogP contribution is 2.54. The van der Waals surface area contributed by atoms with Crippen LogP contribution in [0.25, 0.3) is 43.1 Å². The summed E-state index contributed by atoms with van der Waals surface area (Å²) in [6, 6.07) is 31.5. The van der Waals surface area contributed by atoms with Gasteiger partial charge >= 0.3 is 0 Å². The Morgan fingerprint density at radius 2 is 1.08 bits per heavy atom. The van der Waals surface area contributed by atoms with Crippen LogP contribution in [0.1, 0.15) is 23.0 Å². The van der Waals surface area contributed by atoms with Gasteiger partial charge in [0.25, 0.3) is 0 Å². The summed E-state index contributed by atoms with van der Waals surface area (Å²) in [5, 5.41) is 46.9. The van der Waals surface area contributed by atoms with E-state index in [0.29, 0.717) is 10.9 Å². The van der Waals surface area contributed by atoms with E-state index in [1.165, 1.54) is 0 Å². The lowest BCUT2D eigenvalue weighted by molar-refractivity contribution is -0.535. The van der Waals surface area contributed by atoms with E-state index >= 15 is 0 Å². The number of hydrogen-bond donors (Lipinski definition) is 1. The standard InChI is InChI=1S/C34H27NO3/c1-35(2)32-24-15-8-7-14-23(24)29(28-25(32)16-9-17-26(28)36)31-33(37)30(34(31)38)27-21-12-5-3-10-19(21)18-20-11-4-6-13-22(20)27/h3-18,30-31,33-34,36H,1-2H3/q-2. The van der Waals surface area contributed by atoms with Crippen LogP contribution >= 0.6 is 0 Å². The first-order valence-corrected chi connectivity index (χ1v) is 13.0. The summed E-state index contributed by atoms with van der Waals surface area (Å²) >= 11 is 0. The van der Waals surface area contributed by atoms with E-state index in [1.807, 2.05) is 104 Å². The highest BCUT2D eigenvalue weighted by atomic mass is 16.3. The molecule has 6 aromatic carbocycles. The first kappa shape index (κ1) is 23.0. The van der Waals surface area contributed by atoms with Crippen molar-refractivity contribution >= 4 is 48.8 Å². The monoisotopic (exact) mass is 497 g/mol. The van der Waals surface area contributed by atoms with Crippen molar-refractivity contribution in [3.05, 3.63) is 108 Å². The topological polar surface area (TPSA) is 69.6 Å². The van der Waals surface area contributed by atoms with Crippen LogP contribution in [0.15, 0.2) is 97.1 Å². The lowest BCUT2D eigenvalue weighted by Gasteiger charge is -2.62. The van der Waals surface area contributed by atoms with Crippen LogP contribution in [0.5, 0.6) is 5.75 Å². The normalized spacial score (nSPS) is 21.3. The van der Waals surface area contributed by atoms with Crippen molar-refractivity contribution in [2.24, 2.45) is 0 Å². The quantitative estimate of drug-likeness (QED) is 0.332. The van der Waals surface area contributed by atoms with E-state index < -0.39 is 24.0 Å². The molecule has 0 spiro atoms. The molecule has 0 bridgehead atoms. The lowest BCUT2D eigenvalue weighted by atomic mass is 9.60. The SMILES string of the molecule is CN(C)c1c2ccccc2c(C2C([O-])C(c3c4ccccc4cc4ccccc34)C2[O-])c2c(O)cccc12. The average Bonchev–Trinajstić information content (AvgIpc) is 2.92. The van der Waals surface area contributed by atoms with Crippen molar-refractivity contribution in [1.82, 2.24) is 0 Å². The summed E-state index contributed by atoms with van der Waals surface area (Å²) in [4.78, 5) is 2.03. The zero-order valence-corrected chi connectivity index (χ0v) is 21.3. The van der Waals surface area contributed by atoms with Gasteiger partial charge in [0.1, 0.15) is 5.75 Å². The van der Waals surface area contributed by atoms with Gasteiger partial charge in [0.05, 0.1) is 5.69 Å². The van der Waals surface area contributed by atoms with Crippen LogP contribution in [-0.2, 0) is 0 Å². The Bertz CT molecular complexity index is 1810. The van der Waals surface area contributed by atoms with E-state index in [4.69, 9.17) is 0 Å². The predicted octanol–water partition coefficient (Wildman–Crippen LogP) is 5.41. The van der Waals surface area contributed by atoms with Crippen molar-refractivity contribution in [3.63, 3.8) is 0 Å². The highest BCUT2D eigenvalue weighted by molar-refractivity contribution is 6.16.